The van der Waals surface area contributed by atoms with E-state index in [-0.39, 0.29) is 0 Å². The Morgan fingerprint density at radius 3 is 3.00 bits per heavy atom. The van der Waals surface area contributed by atoms with Gasteiger partial charge < -0.3 is 10.6 Å². The van der Waals surface area contributed by atoms with E-state index in [2.05, 4.69) is 15.6 Å². The van der Waals surface area contributed by atoms with Crippen LogP contribution in [0.2, 0.25) is 0 Å². The molecule has 9 heavy (non-hydrogen) atoms. The van der Waals surface area contributed by atoms with Gasteiger partial charge in [0.25, 0.3) is 0 Å². The van der Waals surface area contributed by atoms with Crippen LogP contribution in [0.25, 0.3) is 0 Å². The molecule has 0 aromatic rings. The standard InChI is InChI=1S/C6H11N3/c1-5-3-6(7-2)9-4-8-5/h3-5,7H,1-2H3,(H,8,9). The Kier molecular flexibility index (Phi) is 1.72. The summed E-state index contributed by atoms with van der Waals surface area (Å²) in [5.41, 5.74) is 0. The highest BCUT2D eigenvalue weighted by atomic mass is 15.1. The number of nitrogens with one attached hydrogen (secondary N) is 2. The lowest BCUT2D eigenvalue weighted by atomic mass is 10.3. The van der Waals surface area contributed by atoms with Crippen LogP contribution < -0.4 is 10.6 Å². The molecule has 0 saturated heterocycles. The summed E-state index contributed by atoms with van der Waals surface area (Å²) in [4.78, 5) is 4.08. The van der Waals surface area contributed by atoms with Crippen LogP contribution in [0.4, 0.5) is 0 Å². The van der Waals surface area contributed by atoms with Crippen LogP contribution in [-0.2, 0) is 0 Å². The Balaban J connectivity index is 2.55. The SMILES string of the molecule is CNC1=CC(C)N=CN1. The van der Waals surface area contributed by atoms with Crippen molar-refractivity contribution in [1.82, 2.24) is 10.6 Å². The van der Waals surface area contributed by atoms with Gasteiger partial charge in [0.1, 0.15) is 5.82 Å². The van der Waals surface area contributed by atoms with Crippen LogP contribution in [0.1, 0.15) is 6.92 Å². The van der Waals surface area contributed by atoms with Crippen LogP contribution in [0, 0.1) is 0 Å². The highest BCUT2D eigenvalue weighted by Crippen LogP contribution is 1.96. The Morgan fingerprint density at radius 2 is 2.56 bits per heavy atom. The van der Waals surface area contributed by atoms with Crippen molar-refractivity contribution >= 4 is 6.34 Å². The van der Waals surface area contributed by atoms with Gasteiger partial charge in [0.05, 0.1) is 12.4 Å². The monoisotopic (exact) mass is 125 g/mol. The first-order valence-corrected chi connectivity index (χ1v) is 3.00. The fourth-order valence-corrected chi connectivity index (χ4v) is 0.712. The Morgan fingerprint density at radius 1 is 1.78 bits per heavy atom. The molecule has 0 radical (unpaired) electrons. The molecular weight excluding hydrogens is 114 g/mol. The molecule has 50 valence electrons. The Labute approximate surface area is 54.9 Å². The smallest absolute Gasteiger partial charge is 0.102 e. The van der Waals surface area contributed by atoms with Crippen molar-refractivity contribution in [3.8, 4) is 0 Å². The third kappa shape index (κ3) is 1.45. The molecule has 3 heteroatoms. The number of hydrogen-bond acceptors (Lipinski definition) is 3. The zero-order valence-electron chi connectivity index (χ0n) is 5.68. The molecule has 1 atom stereocenters. The van der Waals surface area contributed by atoms with E-state index < -0.39 is 0 Å². The van der Waals surface area contributed by atoms with Gasteiger partial charge in [-0.15, -0.1) is 0 Å². The average Bonchev–Trinajstić information content (AvgIpc) is 1.88. The van der Waals surface area contributed by atoms with Gasteiger partial charge in [-0.1, -0.05) is 0 Å². The summed E-state index contributed by atoms with van der Waals surface area (Å²) in [5.74, 6) is 1.03. The summed E-state index contributed by atoms with van der Waals surface area (Å²) in [5, 5.41) is 5.95. The van der Waals surface area contributed by atoms with Crippen LogP contribution in [0.3, 0.4) is 0 Å². The predicted molar refractivity (Wildman–Crippen MR) is 38.2 cm³/mol. The van der Waals surface area contributed by atoms with Crippen LogP contribution in [-0.4, -0.2) is 19.4 Å². The molecule has 3 nitrogen and oxygen atoms in total. The van der Waals surface area contributed by atoms with E-state index in [4.69, 9.17) is 0 Å². The minimum Gasteiger partial charge on any atom is -0.375 e. The zero-order chi connectivity index (χ0) is 6.69. The lowest BCUT2D eigenvalue weighted by molar-refractivity contribution is 0.807. The van der Waals surface area contributed by atoms with Gasteiger partial charge in [0.2, 0.25) is 0 Å². The molecule has 0 bridgehead atoms. The molecule has 1 rings (SSSR count). The molecule has 0 aromatic heterocycles. The van der Waals surface area contributed by atoms with Crippen molar-refractivity contribution < 1.29 is 0 Å². The van der Waals surface area contributed by atoms with Crippen molar-refractivity contribution in [2.24, 2.45) is 4.99 Å². The van der Waals surface area contributed by atoms with Crippen LogP contribution >= 0.6 is 0 Å². The maximum Gasteiger partial charge on any atom is 0.102 e. The lowest BCUT2D eigenvalue weighted by Crippen LogP contribution is -2.26. The second-order valence-corrected chi connectivity index (χ2v) is 1.99. The molecule has 2 N–H and O–H groups in total. The summed E-state index contributed by atoms with van der Waals surface area (Å²) in [6.07, 6.45) is 3.73. The van der Waals surface area contributed by atoms with Crippen molar-refractivity contribution in [3.63, 3.8) is 0 Å². The molecule has 1 heterocycles. The maximum atomic E-state index is 4.08. The van der Waals surface area contributed by atoms with Gasteiger partial charge in [-0.05, 0) is 13.0 Å². The van der Waals surface area contributed by atoms with Gasteiger partial charge in [-0.25, -0.2) is 0 Å². The van der Waals surface area contributed by atoms with Gasteiger partial charge in [-0.3, -0.25) is 4.99 Å². The van der Waals surface area contributed by atoms with E-state index in [0.717, 1.165) is 5.82 Å². The third-order valence-electron chi connectivity index (χ3n) is 1.21. The number of hydrogen-bond donors (Lipinski definition) is 2. The average molecular weight is 125 g/mol. The minimum absolute atomic E-state index is 0.300. The molecule has 0 aromatic carbocycles. The van der Waals surface area contributed by atoms with Crippen molar-refractivity contribution in [2.75, 3.05) is 7.05 Å². The van der Waals surface area contributed by atoms with Gasteiger partial charge in [0, 0.05) is 7.05 Å². The molecular formula is C6H11N3. The molecule has 1 aliphatic heterocycles. The van der Waals surface area contributed by atoms with Crippen LogP contribution in [0.5, 0.6) is 0 Å². The third-order valence-corrected chi connectivity index (χ3v) is 1.21. The quantitative estimate of drug-likeness (QED) is 0.520. The molecule has 0 saturated carbocycles. The van der Waals surface area contributed by atoms with E-state index in [0.29, 0.717) is 6.04 Å². The summed E-state index contributed by atoms with van der Waals surface area (Å²) in [6, 6.07) is 0.300. The van der Waals surface area contributed by atoms with Crippen molar-refractivity contribution in [2.45, 2.75) is 13.0 Å². The fourth-order valence-electron chi connectivity index (χ4n) is 0.712. The predicted octanol–water partition coefficient (Wildman–Crippen LogP) is 0.0672. The highest BCUT2D eigenvalue weighted by molar-refractivity contribution is 5.59. The Bertz CT molecular complexity index is 148. The normalized spacial score (nSPS) is 24.7. The topological polar surface area (TPSA) is 36.4 Å². The molecule has 0 fully saturated rings. The first-order chi connectivity index (χ1) is 4.33. The number of aliphatic imine (C=N–C) groups is 1. The number of rotatable bonds is 1. The lowest BCUT2D eigenvalue weighted by Gasteiger charge is -2.12. The first-order valence-electron chi connectivity index (χ1n) is 3.00. The largest absolute Gasteiger partial charge is 0.375 e. The highest BCUT2D eigenvalue weighted by Gasteiger charge is 1.99. The van der Waals surface area contributed by atoms with Gasteiger partial charge in [-0.2, -0.15) is 0 Å². The van der Waals surface area contributed by atoms with Crippen molar-refractivity contribution in [1.29, 1.82) is 0 Å². The summed E-state index contributed by atoms with van der Waals surface area (Å²) < 4.78 is 0. The minimum atomic E-state index is 0.300. The molecule has 1 aliphatic rings. The van der Waals surface area contributed by atoms with Gasteiger partial charge in [0.15, 0.2) is 0 Å². The molecule has 0 amide bonds. The Hall–Kier alpha value is -0.990. The van der Waals surface area contributed by atoms with Crippen LogP contribution in [0.15, 0.2) is 16.9 Å². The van der Waals surface area contributed by atoms with E-state index in [1.54, 1.807) is 6.34 Å². The van der Waals surface area contributed by atoms with E-state index in [1.807, 2.05) is 20.0 Å². The zero-order valence-corrected chi connectivity index (χ0v) is 5.68. The summed E-state index contributed by atoms with van der Waals surface area (Å²) in [7, 11) is 1.88. The molecule has 0 spiro atoms. The van der Waals surface area contributed by atoms with E-state index in [9.17, 15) is 0 Å². The first kappa shape index (κ1) is 6.13. The number of nitrogens with zero attached hydrogens (tertiary/aromatic N) is 1. The van der Waals surface area contributed by atoms with E-state index in [1.165, 1.54) is 0 Å². The fraction of sp³-hybridized carbons (Fsp3) is 0.500. The second kappa shape index (κ2) is 2.53. The summed E-state index contributed by atoms with van der Waals surface area (Å²) >= 11 is 0. The maximum absolute atomic E-state index is 4.08. The summed E-state index contributed by atoms with van der Waals surface area (Å²) in [6.45, 7) is 2.04. The van der Waals surface area contributed by atoms with Crippen molar-refractivity contribution in [3.05, 3.63) is 11.9 Å². The van der Waals surface area contributed by atoms with E-state index >= 15 is 0 Å². The second-order valence-electron chi connectivity index (χ2n) is 1.99. The van der Waals surface area contributed by atoms with Gasteiger partial charge >= 0.3 is 0 Å². The molecule has 0 aliphatic carbocycles. The molecule has 1 unspecified atom stereocenters.